The van der Waals surface area contributed by atoms with Gasteiger partial charge in [-0.25, -0.2) is 0 Å². The van der Waals surface area contributed by atoms with Crippen LogP contribution in [0.4, 0.5) is 0 Å². The number of carboxylic acids is 1. The van der Waals surface area contributed by atoms with E-state index in [4.69, 9.17) is 9.90 Å². The molecule has 0 aliphatic carbocycles. The molecule has 3 heteroatoms. The van der Waals surface area contributed by atoms with Crippen LogP contribution >= 0.6 is 0 Å². The van der Waals surface area contributed by atoms with E-state index >= 15 is 0 Å². The zero-order valence-electron chi connectivity index (χ0n) is 4.02. The molecule has 0 saturated heterocycles. The summed E-state index contributed by atoms with van der Waals surface area (Å²) in [7, 11) is 0. The number of aliphatic carboxylic acids is 1. The summed E-state index contributed by atoms with van der Waals surface area (Å²) in [6.07, 6.45) is 0. The average molecular weight is 211 g/mol. The number of carboxylic acid groups (broad SMARTS) is 1. The van der Waals surface area contributed by atoms with Gasteiger partial charge in [-0.1, -0.05) is 0 Å². The minimum Gasteiger partial charge on any atom is -0.550 e. The maximum absolute atomic E-state index is 8.89. The second kappa shape index (κ2) is 9.40. The van der Waals surface area contributed by atoms with Crippen LogP contribution in [-0.4, -0.2) is 54.9 Å². The van der Waals surface area contributed by atoms with Gasteiger partial charge in [0.15, 0.2) is 0 Å². The van der Waals surface area contributed by atoms with E-state index in [2.05, 4.69) is 0 Å². The fourth-order valence-electron chi connectivity index (χ4n) is 0. The van der Waals surface area contributed by atoms with Crippen molar-refractivity contribution in [3.63, 3.8) is 0 Å². The maximum atomic E-state index is 8.89. The smallest absolute Gasteiger partial charge is 0.550 e. The third kappa shape index (κ3) is 75.9. The molecular formula is C3H6BaO2. The summed E-state index contributed by atoms with van der Waals surface area (Å²) in [5.74, 6) is -1.08. The minimum atomic E-state index is -1.08. The molecule has 0 saturated carbocycles. The van der Waals surface area contributed by atoms with Gasteiger partial charge in [-0.15, -0.1) is 0 Å². The van der Waals surface area contributed by atoms with E-state index < -0.39 is 5.97 Å². The molecule has 6 heavy (non-hydrogen) atoms. The van der Waals surface area contributed by atoms with Gasteiger partial charge in [-0.2, -0.15) is 0 Å². The molecule has 0 radical (unpaired) electrons. The Morgan fingerprint density at radius 2 is 1.67 bits per heavy atom. The van der Waals surface area contributed by atoms with Crippen LogP contribution in [0.1, 0.15) is 6.92 Å². The van der Waals surface area contributed by atoms with E-state index in [1.165, 1.54) is 0 Å². The zero-order valence-corrected chi connectivity index (χ0v) is 8.46. The summed E-state index contributed by atoms with van der Waals surface area (Å²) >= 11 is 0. The molecule has 0 N–H and O–H groups in total. The second-order valence-electron chi connectivity index (χ2n) is 0.492. The van der Waals surface area contributed by atoms with E-state index in [9.17, 15) is 0 Å². The van der Waals surface area contributed by atoms with Gasteiger partial charge in [0.1, 0.15) is 0 Å². The van der Waals surface area contributed by atoms with Gasteiger partial charge >= 0.3 is 48.9 Å². The standard InChI is InChI=1S/C2H4O2.CH3.Ba/c1-2(3)4;;/h1H3,(H,3,4);1H3;/q;-1;+2/p-1. The summed E-state index contributed by atoms with van der Waals surface area (Å²) in [5, 5.41) is 8.89. The van der Waals surface area contributed by atoms with Gasteiger partial charge in [0.2, 0.25) is 0 Å². The summed E-state index contributed by atoms with van der Waals surface area (Å²) < 4.78 is 0. The van der Waals surface area contributed by atoms with E-state index in [1.54, 1.807) is 0 Å². The SMILES string of the molecule is CC(=O)[O-].[Ba+2].[CH3-]. The van der Waals surface area contributed by atoms with E-state index in [-0.39, 0.29) is 56.3 Å². The van der Waals surface area contributed by atoms with Crippen LogP contribution in [0, 0.1) is 7.43 Å². The zero-order chi connectivity index (χ0) is 3.58. The van der Waals surface area contributed by atoms with Crippen LogP contribution in [0.15, 0.2) is 0 Å². The van der Waals surface area contributed by atoms with Crippen LogP contribution in [0.2, 0.25) is 0 Å². The van der Waals surface area contributed by atoms with Crippen molar-refractivity contribution in [3.05, 3.63) is 7.43 Å². The number of carbonyl (C=O) groups is 1. The quantitative estimate of drug-likeness (QED) is 0.374. The van der Waals surface area contributed by atoms with Crippen molar-refractivity contribution in [2.24, 2.45) is 0 Å². The predicted octanol–water partition coefficient (Wildman–Crippen LogP) is -1.17. The van der Waals surface area contributed by atoms with Crippen molar-refractivity contribution in [2.75, 3.05) is 0 Å². The Hall–Kier alpha value is 1.04. The fourth-order valence-corrected chi connectivity index (χ4v) is 0. The minimum absolute atomic E-state index is 0. The van der Waals surface area contributed by atoms with Gasteiger partial charge in [0.05, 0.1) is 0 Å². The Morgan fingerprint density at radius 3 is 1.67 bits per heavy atom. The Bertz CT molecular complexity index is 31.8. The molecule has 0 aliphatic rings. The van der Waals surface area contributed by atoms with Crippen molar-refractivity contribution in [1.82, 2.24) is 0 Å². The van der Waals surface area contributed by atoms with E-state index in [1.807, 2.05) is 0 Å². The number of rotatable bonds is 0. The average Bonchev–Trinajstić information content (AvgIpc) is 0.811. The summed E-state index contributed by atoms with van der Waals surface area (Å²) in [6, 6.07) is 0. The van der Waals surface area contributed by atoms with E-state index in [0.29, 0.717) is 0 Å². The van der Waals surface area contributed by atoms with Crippen LogP contribution in [0.5, 0.6) is 0 Å². The topological polar surface area (TPSA) is 40.1 Å². The van der Waals surface area contributed by atoms with Gasteiger partial charge in [-0.05, 0) is 6.92 Å². The molecule has 32 valence electrons. The molecule has 0 atom stereocenters. The molecule has 0 rings (SSSR count). The van der Waals surface area contributed by atoms with Crippen molar-refractivity contribution in [2.45, 2.75) is 6.92 Å². The van der Waals surface area contributed by atoms with Gasteiger partial charge in [0.25, 0.3) is 0 Å². The molecule has 0 heterocycles. The van der Waals surface area contributed by atoms with Crippen molar-refractivity contribution in [3.8, 4) is 0 Å². The molecule has 0 amide bonds. The summed E-state index contributed by atoms with van der Waals surface area (Å²) in [5.41, 5.74) is 0. The maximum Gasteiger partial charge on any atom is 2.00 e. The number of hydrogen-bond acceptors (Lipinski definition) is 2. The van der Waals surface area contributed by atoms with Crippen LogP contribution in [-0.2, 0) is 4.79 Å². The Balaban J connectivity index is -0.0000000450. The first-order chi connectivity index (χ1) is 1.73. The largest absolute Gasteiger partial charge is 2.00 e. The Labute approximate surface area is 78.0 Å². The number of hydrogen-bond donors (Lipinski definition) is 0. The van der Waals surface area contributed by atoms with Crippen molar-refractivity contribution in [1.29, 1.82) is 0 Å². The molecule has 0 aromatic carbocycles. The first-order valence-corrected chi connectivity index (χ1v) is 0.908. The summed E-state index contributed by atoms with van der Waals surface area (Å²) in [4.78, 5) is 8.89. The van der Waals surface area contributed by atoms with Gasteiger partial charge in [0, 0.05) is 5.97 Å². The van der Waals surface area contributed by atoms with Crippen molar-refractivity contribution < 1.29 is 9.90 Å². The first kappa shape index (κ1) is 15.7. The van der Waals surface area contributed by atoms with Crippen LogP contribution in [0.25, 0.3) is 0 Å². The normalized spacial score (nSPS) is 4.17. The molecule has 0 unspecified atom stereocenters. The van der Waals surface area contributed by atoms with E-state index in [0.717, 1.165) is 6.92 Å². The Kier molecular flexibility index (Phi) is 24.7. The molecule has 0 aromatic rings. The van der Waals surface area contributed by atoms with Crippen LogP contribution < -0.4 is 5.11 Å². The van der Waals surface area contributed by atoms with Crippen molar-refractivity contribution >= 4 is 54.9 Å². The van der Waals surface area contributed by atoms with Gasteiger partial charge in [-0.3, -0.25) is 0 Å². The third-order valence-electron chi connectivity index (χ3n) is 0. The monoisotopic (exact) mass is 212 g/mol. The second-order valence-corrected chi connectivity index (χ2v) is 0.492. The van der Waals surface area contributed by atoms with Crippen LogP contribution in [0.3, 0.4) is 0 Å². The molecule has 0 spiro atoms. The Morgan fingerprint density at radius 1 is 1.67 bits per heavy atom. The first-order valence-electron chi connectivity index (χ1n) is 0.908. The summed E-state index contributed by atoms with van der Waals surface area (Å²) in [6.45, 7) is 0.972. The molecule has 0 fully saturated rings. The fraction of sp³-hybridized carbons (Fsp3) is 0.333. The predicted molar refractivity (Wildman–Crippen MR) is 22.8 cm³/mol. The number of carbonyl (C=O) groups excluding carboxylic acids is 1. The third-order valence-corrected chi connectivity index (χ3v) is 0. The molecule has 2 nitrogen and oxygen atoms in total. The molecule has 0 aromatic heterocycles. The van der Waals surface area contributed by atoms with Gasteiger partial charge < -0.3 is 17.3 Å². The molecule has 0 aliphatic heterocycles. The molecular weight excluding hydrogens is 205 g/mol. The molecule has 0 bridgehead atoms.